The second-order valence-electron chi connectivity index (χ2n) is 5.16. The monoisotopic (exact) mass is 283 g/mol. The van der Waals surface area contributed by atoms with E-state index < -0.39 is 12.0 Å². The summed E-state index contributed by atoms with van der Waals surface area (Å²) >= 11 is 0. The minimum atomic E-state index is -1.09. The fraction of sp³-hybridized carbons (Fsp3) is 0.667. The minimum Gasteiger partial charge on any atom is -0.480 e. The molecule has 0 radical (unpaired) electrons. The number of carboxylic acid groups (broad SMARTS) is 1. The van der Waals surface area contributed by atoms with Crippen molar-refractivity contribution in [3.63, 3.8) is 0 Å². The lowest BCUT2D eigenvalue weighted by Crippen LogP contribution is -2.38. The van der Waals surface area contributed by atoms with E-state index in [0.29, 0.717) is 11.6 Å². The quantitative estimate of drug-likeness (QED) is 0.613. The van der Waals surface area contributed by atoms with Crippen molar-refractivity contribution >= 4 is 11.9 Å². The first-order chi connectivity index (χ1) is 9.29. The summed E-state index contributed by atoms with van der Waals surface area (Å²) in [5.74, 6) is -0.910. The summed E-state index contributed by atoms with van der Waals surface area (Å²) in [4.78, 5) is 22.4. The Morgan fingerprint density at radius 1 is 1.45 bits per heavy atom. The molecule has 1 heterocycles. The van der Waals surface area contributed by atoms with Crippen molar-refractivity contribution in [2.45, 2.75) is 45.8 Å². The Bertz CT molecular complexity index is 471. The predicted molar refractivity (Wildman–Crippen MR) is 71.8 cm³/mol. The number of hydrogen-bond donors (Lipinski definition) is 3. The number of carbonyl (C=O) groups is 2. The number of nitrogens with one attached hydrogen (secondary N) is 1. The topological polar surface area (TPSA) is 123 Å². The minimum absolute atomic E-state index is 0.0480. The number of hydrogen-bond acceptors (Lipinski definition) is 5. The Hall–Kier alpha value is -1.96. The van der Waals surface area contributed by atoms with Gasteiger partial charge in [-0.2, -0.15) is 0 Å². The molecular formula is C12H21N5O3. The summed E-state index contributed by atoms with van der Waals surface area (Å²) < 4.78 is 1.37. The predicted octanol–water partition coefficient (Wildman–Crippen LogP) is -0.607. The van der Waals surface area contributed by atoms with E-state index in [-0.39, 0.29) is 24.9 Å². The number of aromatic nitrogens is 3. The zero-order valence-corrected chi connectivity index (χ0v) is 11.9. The molecule has 0 fully saturated rings. The molecule has 0 saturated carbocycles. The zero-order valence-electron chi connectivity index (χ0n) is 11.9. The first-order valence-corrected chi connectivity index (χ1v) is 6.46. The lowest BCUT2D eigenvalue weighted by Gasteiger charge is -2.17. The number of amides is 1. The van der Waals surface area contributed by atoms with Gasteiger partial charge in [0, 0.05) is 18.7 Å². The van der Waals surface area contributed by atoms with E-state index in [1.807, 2.05) is 20.8 Å². The van der Waals surface area contributed by atoms with Crippen LogP contribution < -0.4 is 11.1 Å². The Morgan fingerprint density at radius 3 is 2.65 bits per heavy atom. The van der Waals surface area contributed by atoms with Gasteiger partial charge in [0.2, 0.25) is 5.91 Å². The van der Waals surface area contributed by atoms with Gasteiger partial charge < -0.3 is 16.2 Å². The summed E-state index contributed by atoms with van der Waals surface area (Å²) in [6, 6.07) is -0.944. The van der Waals surface area contributed by atoms with E-state index in [9.17, 15) is 9.59 Å². The van der Waals surface area contributed by atoms with E-state index in [2.05, 4.69) is 15.6 Å². The third-order valence-electron chi connectivity index (χ3n) is 3.03. The summed E-state index contributed by atoms with van der Waals surface area (Å²) in [5.41, 5.74) is 5.85. The molecule has 2 atom stereocenters. The van der Waals surface area contributed by atoms with Crippen LogP contribution in [0, 0.1) is 5.92 Å². The van der Waals surface area contributed by atoms with Crippen LogP contribution >= 0.6 is 0 Å². The molecule has 1 amide bonds. The standard InChI is InChI=1S/C12H21N5O3/c1-7(2)8(3)14-11(18)6-17-5-9(15-16-17)4-10(13)12(19)20/h5,7-8,10H,4,6,13H2,1-3H3,(H,14,18)(H,19,20). The maximum Gasteiger partial charge on any atom is 0.320 e. The molecule has 8 heteroatoms. The van der Waals surface area contributed by atoms with Crippen LogP contribution in [0.2, 0.25) is 0 Å². The summed E-state index contributed by atoms with van der Waals surface area (Å²) in [7, 11) is 0. The van der Waals surface area contributed by atoms with E-state index in [4.69, 9.17) is 10.8 Å². The normalized spacial score (nSPS) is 14.1. The van der Waals surface area contributed by atoms with Crippen LogP contribution in [-0.4, -0.2) is 44.1 Å². The average molecular weight is 283 g/mol. The average Bonchev–Trinajstić information content (AvgIpc) is 2.75. The highest BCUT2D eigenvalue weighted by Crippen LogP contribution is 2.01. The second-order valence-corrected chi connectivity index (χ2v) is 5.16. The molecule has 4 N–H and O–H groups in total. The van der Waals surface area contributed by atoms with Crippen LogP contribution in [0.4, 0.5) is 0 Å². The van der Waals surface area contributed by atoms with Crippen LogP contribution in [0.15, 0.2) is 6.20 Å². The molecule has 0 aliphatic carbocycles. The molecule has 0 aromatic carbocycles. The first-order valence-electron chi connectivity index (χ1n) is 6.46. The number of nitrogens with zero attached hydrogens (tertiary/aromatic N) is 3. The second kappa shape index (κ2) is 6.99. The molecule has 1 aromatic rings. The smallest absolute Gasteiger partial charge is 0.320 e. The third-order valence-corrected chi connectivity index (χ3v) is 3.03. The van der Waals surface area contributed by atoms with Gasteiger partial charge in [-0.1, -0.05) is 19.1 Å². The van der Waals surface area contributed by atoms with Crippen LogP contribution in [0.3, 0.4) is 0 Å². The fourth-order valence-electron chi connectivity index (χ4n) is 1.44. The maximum absolute atomic E-state index is 11.7. The number of aliphatic carboxylic acids is 1. The Labute approximate surface area is 117 Å². The largest absolute Gasteiger partial charge is 0.480 e. The number of carbonyl (C=O) groups excluding carboxylic acids is 1. The molecule has 0 aliphatic heterocycles. The van der Waals surface area contributed by atoms with Crippen molar-refractivity contribution in [2.24, 2.45) is 11.7 Å². The van der Waals surface area contributed by atoms with Crippen molar-refractivity contribution in [1.29, 1.82) is 0 Å². The van der Waals surface area contributed by atoms with Crippen LogP contribution in [0.1, 0.15) is 26.5 Å². The van der Waals surface area contributed by atoms with Gasteiger partial charge in [0.25, 0.3) is 0 Å². The fourth-order valence-corrected chi connectivity index (χ4v) is 1.44. The summed E-state index contributed by atoms with van der Waals surface area (Å²) in [6.07, 6.45) is 1.61. The van der Waals surface area contributed by atoms with Gasteiger partial charge in [-0.05, 0) is 12.8 Å². The molecule has 0 aliphatic rings. The molecule has 112 valence electrons. The van der Waals surface area contributed by atoms with Crippen molar-refractivity contribution < 1.29 is 14.7 Å². The van der Waals surface area contributed by atoms with E-state index in [0.717, 1.165) is 0 Å². The van der Waals surface area contributed by atoms with Crippen LogP contribution in [0.5, 0.6) is 0 Å². The molecule has 8 nitrogen and oxygen atoms in total. The van der Waals surface area contributed by atoms with E-state index in [1.54, 1.807) is 0 Å². The Morgan fingerprint density at radius 2 is 2.10 bits per heavy atom. The molecule has 1 rings (SSSR count). The van der Waals surface area contributed by atoms with Gasteiger partial charge in [0.15, 0.2) is 0 Å². The summed E-state index contributed by atoms with van der Waals surface area (Å²) in [6.45, 7) is 6.02. The number of nitrogens with two attached hydrogens (primary N) is 1. The van der Waals surface area contributed by atoms with Crippen LogP contribution in [0.25, 0.3) is 0 Å². The number of rotatable bonds is 7. The van der Waals surface area contributed by atoms with Gasteiger partial charge in [-0.25, -0.2) is 4.68 Å². The molecule has 0 saturated heterocycles. The molecule has 1 aromatic heterocycles. The molecule has 0 spiro atoms. The zero-order chi connectivity index (χ0) is 15.3. The first kappa shape index (κ1) is 16.1. The van der Waals surface area contributed by atoms with Crippen molar-refractivity contribution in [1.82, 2.24) is 20.3 Å². The molecular weight excluding hydrogens is 262 g/mol. The van der Waals surface area contributed by atoms with Gasteiger partial charge >= 0.3 is 5.97 Å². The lowest BCUT2D eigenvalue weighted by atomic mass is 10.1. The highest BCUT2D eigenvalue weighted by atomic mass is 16.4. The highest BCUT2D eigenvalue weighted by molar-refractivity contribution is 5.76. The van der Waals surface area contributed by atoms with Gasteiger partial charge in [0.1, 0.15) is 12.6 Å². The van der Waals surface area contributed by atoms with Gasteiger partial charge in [-0.15, -0.1) is 5.10 Å². The van der Waals surface area contributed by atoms with Crippen molar-refractivity contribution in [3.8, 4) is 0 Å². The summed E-state index contributed by atoms with van der Waals surface area (Å²) in [5, 5.41) is 19.1. The third kappa shape index (κ3) is 4.96. The van der Waals surface area contributed by atoms with Gasteiger partial charge in [-0.3, -0.25) is 9.59 Å². The Kier molecular flexibility index (Phi) is 5.63. The highest BCUT2D eigenvalue weighted by Gasteiger charge is 2.16. The molecule has 20 heavy (non-hydrogen) atoms. The maximum atomic E-state index is 11.7. The lowest BCUT2D eigenvalue weighted by molar-refractivity contribution is -0.138. The van der Waals surface area contributed by atoms with Gasteiger partial charge in [0.05, 0.1) is 5.69 Å². The molecule has 0 bridgehead atoms. The number of carboxylic acids is 1. The van der Waals surface area contributed by atoms with Crippen molar-refractivity contribution in [3.05, 3.63) is 11.9 Å². The van der Waals surface area contributed by atoms with E-state index in [1.165, 1.54) is 10.9 Å². The molecule has 2 unspecified atom stereocenters. The van der Waals surface area contributed by atoms with E-state index >= 15 is 0 Å². The van der Waals surface area contributed by atoms with Crippen molar-refractivity contribution in [2.75, 3.05) is 0 Å². The SMILES string of the molecule is CC(C)C(C)NC(=O)Cn1cc(CC(N)C(=O)O)nn1. The Balaban J connectivity index is 2.51. The van der Waals surface area contributed by atoms with Crippen LogP contribution in [-0.2, 0) is 22.6 Å².